The molecule has 0 saturated heterocycles. The molecule has 3 aromatic rings. The number of aromatic nitrogens is 2. The van der Waals surface area contributed by atoms with E-state index in [1.54, 1.807) is 37.1 Å². The van der Waals surface area contributed by atoms with E-state index in [2.05, 4.69) is 20.9 Å². The Morgan fingerprint density at radius 3 is 2.46 bits per heavy atom. The maximum Gasteiger partial charge on any atom is 0.287 e. The molecule has 4 rings (SSSR count). The van der Waals surface area contributed by atoms with Crippen LogP contribution in [0.15, 0.2) is 53.3 Å². The van der Waals surface area contributed by atoms with Crippen LogP contribution >= 0.6 is 0 Å². The van der Waals surface area contributed by atoms with Gasteiger partial charge in [0, 0.05) is 26.2 Å². The molecule has 3 N–H and O–H groups in total. The third-order valence-corrected chi connectivity index (χ3v) is 6.51. The number of likely N-dealkylation sites (N-methyl/N-ethyl adjacent to an activating group) is 1. The van der Waals surface area contributed by atoms with E-state index in [0.717, 1.165) is 36.8 Å². The molecule has 3 amide bonds. The third kappa shape index (κ3) is 5.79. The van der Waals surface area contributed by atoms with E-state index in [1.807, 2.05) is 24.3 Å². The van der Waals surface area contributed by atoms with Crippen LogP contribution in [0.1, 0.15) is 58.7 Å². The lowest BCUT2D eigenvalue weighted by Crippen LogP contribution is -2.50. The lowest BCUT2D eigenvalue weighted by Gasteiger charge is -2.29. The van der Waals surface area contributed by atoms with Crippen molar-refractivity contribution >= 4 is 17.7 Å². The Bertz CT molecular complexity index is 1170. The predicted molar refractivity (Wildman–Crippen MR) is 130 cm³/mol. The minimum Gasteiger partial charge on any atom is -0.451 e. The number of carbonyl (C=O) groups excluding carboxylic acids is 3. The first-order chi connectivity index (χ1) is 17.0. The average Bonchev–Trinajstić information content (AvgIpc) is 3.56. The number of carbonyl (C=O) groups is 3. The van der Waals surface area contributed by atoms with E-state index in [9.17, 15) is 14.4 Å². The monoisotopic (exact) mass is 477 g/mol. The van der Waals surface area contributed by atoms with Crippen LogP contribution in [0.4, 0.5) is 0 Å². The van der Waals surface area contributed by atoms with Crippen molar-refractivity contribution in [3.8, 4) is 11.3 Å². The highest BCUT2D eigenvalue weighted by molar-refractivity contribution is 5.96. The first kappa shape index (κ1) is 24.3. The van der Waals surface area contributed by atoms with Crippen LogP contribution in [0.25, 0.3) is 11.3 Å². The molecule has 1 saturated carbocycles. The topological polar surface area (TPSA) is 118 Å². The molecule has 184 valence electrons. The summed E-state index contributed by atoms with van der Waals surface area (Å²) >= 11 is 0. The Morgan fingerprint density at radius 2 is 1.80 bits per heavy atom. The number of furan rings is 1. The van der Waals surface area contributed by atoms with Crippen molar-refractivity contribution in [1.82, 2.24) is 25.5 Å². The minimum absolute atomic E-state index is 0.132. The maximum absolute atomic E-state index is 12.9. The second kappa shape index (κ2) is 11.0. The van der Waals surface area contributed by atoms with Gasteiger partial charge in [0.15, 0.2) is 5.76 Å². The van der Waals surface area contributed by atoms with Crippen molar-refractivity contribution in [2.75, 3.05) is 7.05 Å². The number of imidazole rings is 1. The second-order valence-corrected chi connectivity index (χ2v) is 8.90. The Hall–Kier alpha value is -3.88. The normalized spacial score (nSPS) is 14.8. The van der Waals surface area contributed by atoms with Gasteiger partial charge in [0.05, 0.1) is 12.5 Å². The smallest absolute Gasteiger partial charge is 0.287 e. The van der Waals surface area contributed by atoms with Crippen LogP contribution in [0.5, 0.6) is 0 Å². The second-order valence-electron chi connectivity index (χ2n) is 8.90. The zero-order valence-electron chi connectivity index (χ0n) is 20.0. The Labute approximate surface area is 204 Å². The van der Waals surface area contributed by atoms with Crippen molar-refractivity contribution in [3.63, 3.8) is 0 Å². The fraction of sp³-hybridized carbons (Fsp3) is 0.385. The Balaban J connectivity index is 1.37. The fourth-order valence-electron chi connectivity index (χ4n) is 4.48. The predicted octanol–water partition coefficient (Wildman–Crippen LogP) is 3.03. The molecule has 1 atom stereocenters. The molecule has 1 fully saturated rings. The van der Waals surface area contributed by atoms with Gasteiger partial charge in [-0.2, -0.15) is 0 Å². The molecule has 1 unspecified atom stereocenters. The number of nitrogens with one attached hydrogen (secondary N) is 3. The van der Waals surface area contributed by atoms with E-state index >= 15 is 0 Å². The summed E-state index contributed by atoms with van der Waals surface area (Å²) in [4.78, 5) is 41.5. The maximum atomic E-state index is 12.9. The number of benzene rings is 1. The van der Waals surface area contributed by atoms with Crippen LogP contribution in [0.2, 0.25) is 0 Å². The van der Waals surface area contributed by atoms with Crippen molar-refractivity contribution in [3.05, 3.63) is 65.9 Å². The molecule has 0 radical (unpaired) electrons. The Morgan fingerprint density at radius 1 is 1.06 bits per heavy atom. The van der Waals surface area contributed by atoms with Gasteiger partial charge in [-0.1, -0.05) is 43.5 Å². The van der Waals surface area contributed by atoms with Crippen LogP contribution in [-0.2, 0) is 18.4 Å². The summed E-state index contributed by atoms with van der Waals surface area (Å²) in [7, 11) is 3.35. The first-order valence-corrected chi connectivity index (χ1v) is 11.9. The zero-order valence-corrected chi connectivity index (χ0v) is 20.0. The van der Waals surface area contributed by atoms with Gasteiger partial charge < -0.3 is 24.9 Å². The quantitative estimate of drug-likeness (QED) is 0.461. The fourth-order valence-corrected chi connectivity index (χ4v) is 4.48. The van der Waals surface area contributed by atoms with Gasteiger partial charge in [0.2, 0.25) is 5.91 Å². The number of rotatable bonds is 8. The molecule has 2 aromatic heterocycles. The summed E-state index contributed by atoms with van der Waals surface area (Å²) in [5.41, 5.74) is 2.22. The van der Waals surface area contributed by atoms with Crippen molar-refractivity contribution in [1.29, 1.82) is 0 Å². The molecule has 0 aliphatic heterocycles. The van der Waals surface area contributed by atoms with Gasteiger partial charge in [-0.05, 0) is 36.5 Å². The largest absolute Gasteiger partial charge is 0.451 e. The van der Waals surface area contributed by atoms with Crippen LogP contribution in [0, 0.1) is 5.92 Å². The number of hydrogen-bond donors (Lipinski definition) is 3. The highest BCUT2D eigenvalue weighted by Crippen LogP contribution is 2.27. The summed E-state index contributed by atoms with van der Waals surface area (Å²) < 4.78 is 7.47. The summed E-state index contributed by atoms with van der Waals surface area (Å²) in [5.74, 6) is 0.0760. The highest BCUT2D eigenvalue weighted by Gasteiger charge is 2.31. The number of aryl methyl sites for hydroxylation is 1. The molecule has 2 heterocycles. The van der Waals surface area contributed by atoms with Crippen LogP contribution in [-0.4, -0.2) is 40.4 Å². The van der Waals surface area contributed by atoms with Crippen molar-refractivity contribution < 1.29 is 18.8 Å². The summed E-state index contributed by atoms with van der Waals surface area (Å²) in [6.45, 7) is 0.373. The van der Waals surface area contributed by atoms with E-state index in [0.29, 0.717) is 18.0 Å². The highest BCUT2D eigenvalue weighted by atomic mass is 16.4. The van der Waals surface area contributed by atoms with E-state index in [4.69, 9.17) is 4.42 Å². The summed E-state index contributed by atoms with van der Waals surface area (Å²) in [6, 6.07) is 10.3. The molecule has 35 heavy (non-hydrogen) atoms. The van der Waals surface area contributed by atoms with Gasteiger partial charge in [-0.3, -0.25) is 14.4 Å². The van der Waals surface area contributed by atoms with Gasteiger partial charge in [-0.15, -0.1) is 0 Å². The molecule has 9 nitrogen and oxygen atoms in total. The minimum atomic E-state index is -0.567. The van der Waals surface area contributed by atoms with Crippen molar-refractivity contribution in [2.45, 2.75) is 44.7 Å². The molecule has 1 aromatic carbocycles. The van der Waals surface area contributed by atoms with E-state index in [1.165, 1.54) is 12.6 Å². The van der Waals surface area contributed by atoms with Gasteiger partial charge in [-0.25, -0.2) is 4.98 Å². The van der Waals surface area contributed by atoms with Gasteiger partial charge >= 0.3 is 0 Å². The molecule has 0 bridgehead atoms. The number of hydrogen-bond acceptors (Lipinski definition) is 5. The molecule has 0 spiro atoms. The lowest BCUT2D eigenvalue weighted by atomic mass is 9.83. The summed E-state index contributed by atoms with van der Waals surface area (Å²) in [5, 5.41) is 8.42. The number of amides is 3. The molecular formula is C26H31N5O4. The SMILES string of the molecule is CNC(=O)C(NC(=O)c1ccc(-c2ccc(CNC(=O)c3cncn3C)cc2)o1)C1CCCCC1. The van der Waals surface area contributed by atoms with Crippen molar-refractivity contribution in [2.24, 2.45) is 13.0 Å². The van der Waals surface area contributed by atoms with E-state index in [-0.39, 0.29) is 23.5 Å². The van der Waals surface area contributed by atoms with Crippen LogP contribution < -0.4 is 16.0 Å². The molecule has 9 heteroatoms. The average molecular weight is 478 g/mol. The third-order valence-electron chi connectivity index (χ3n) is 6.51. The standard InChI is InChI=1S/C26H31N5O4/c1-27-26(34)23(19-6-4-3-5-7-19)30-25(33)22-13-12-21(35-22)18-10-8-17(9-11-18)14-29-24(32)20-15-28-16-31(20)2/h8-13,15-16,19,23H,3-7,14H2,1-2H3,(H,27,34)(H,29,32)(H,30,33). The molecule has 1 aliphatic rings. The number of nitrogens with zero attached hydrogens (tertiary/aromatic N) is 2. The lowest BCUT2D eigenvalue weighted by molar-refractivity contribution is -0.124. The first-order valence-electron chi connectivity index (χ1n) is 11.9. The van der Waals surface area contributed by atoms with Gasteiger partial charge in [0.1, 0.15) is 17.5 Å². The zero-order chi connectivity index (χ0) is 24.8. The van der Waals surface area contributed by atoms with Crippen LogP contribution in [0.3, 0.4) is 0 Å². The Kier molecular flexibility index (Phi) is 7.64. The van der Waals surface area contributed by atoms with E-state index < -0.39 is 11.9 Å². The summed E-state index contributed by atoms with van der Waals surface area (Å²) in [6.07, 6.45) is 8.27. The van der Waals surface area contributed by atoms with Gasteiger partial charge in [0.25, 0.3) is 11.8 Å². The molecular weight excluding hydrogens is 446 g/mol. The molecule has 1 aliphatic carbocycles.